The van der Waals surface area contributed by atoms with Gasteiger partial charge in [0.2, 0.25) is 0 Å². The summed E-state index contributed by atoms with van der Waals surface area (Å²) in [6, 6.07) is 11.2. The summed E-state index contributed by atoms with van der Waals surface area (Å²) in [6.45, 7) is 1.82. The highest BCUT2D eigenvalue weighted by Crippen LogP contribution is 2.25. The number of hydrogen-bond acceptors (Lipinski definition) is 6. The number of amidine groups is 1. The van der Waals surface area contributed by atoms with Crippen molar-refractivity contribution in [2.24, 2.45) is 15.1 Å². The molecule has 2 aliphatic rings. The Kier molecular flexibility index (Phi) is 5.64. The van der Waals surface area contributed by atoms with Gasteiger partial charge in [0.25, 0.3) is 10.2 Å². The Labute approximate surface area is 174 Å². The second-order valence-electron chi connectivity index (χ2n) is 7.01. The van der Waals surface area contributed by atoms with E-state index in [-0.39, 0.29) is 6.04 Å². The zero-order valence-corrected chi connectivity index (χ0v) is 17.2. The van der Waals surface area contributed by atoms with Gasteiger partial charge in [0.1, 0.15) is 5.82 Å². The molecule has 4 rings (SSSR count). The van der Waals surface area contributed by atoms with E-state index < -0.39 is 10.2 Å². The van der Waals surface area contributed by atoms with Crippen LogP contribution in [0.1, 0.15) is 24.0 Å². The Bertz CT molecular complexity index is 1080. The van der Waals surface area contributed by atoms with Crippen molar-refractivity contribution in [3.05, 3.63) is 58.7 Å². The Morgan fingerprint density at radius 1 is 1.17 bits per heavy atom. The van der Waals surface area contributed by atoms with Crippen molar-refractivity contribution < 1.29 is 8.42 Å². The molecule has 0 unspecified atom stereocenters. The van der Waals surface area contributed by atoms with Crippen molar-refractivity contribution in [1.29, 1.82) is 0 Å². The van der Waals surface area contributed by atoms with Gasteiger partial charge in [0, 0.05) is 41.5 Å². The molecule has 0 aliphatic carbocycles. The van der Waals surface area contributed by atoms with Crippen LogP contribution in [0, 0.1) is 0 Å². The van der Waals surface area contributed by atoms with Crippen LogP contribution in [0.5, 0.6) is 0 Å². The molecule has 1 saturated heterocycles. The third-order valence-electron chi connectivity index (χ3n) is 4.93. The number of aliphatic imine (C=N–C) groups is 2. The summed E-state index contributed by atoms with van der Waals surface area (Å²) in [5.74, 6) is 1.50. The van der Waals surface area contributed by atoms with Crippen molar-refractivity contribution in [1.82, 2.24) is 9.71 Å². The monoisotopic (exact) mass is 432 g/mol. The van der Waals surface area contributed by atoms with Crippen molar-refractivity contribution in [2.75, 3.05) is 24.5 Å². The summed E-state index contributed by atoms with van der Waals surface area (Å²) in [6.07, 6.45) is 3.06. The smallest absolute Gasteiger partial charge is 0.274 e. The molecule has 152 valence electrons. The number of hydrogen-bond donors (Lipinski definition) is 2. The van der Waals surface area contributed by atoms with Gasteiger partial charge in [-0.15, -0.1) is 0 Å². The fourth-order valence-corrected chi connectivity index (χ4v) is 4.48. The highest BCUT2D eigenvalue weighted by atomic mass is 35.5. The topological polar surface area (TPSA) is 113 Å². The molecule has 2 aliphatic heterocycles. The fraction of sp³-hybridized carbons (Fsp3) is 0.316. The normalized spacial score (nSPS) is 17.9. The first-order valence-electron chi connectivity index (χ1n) is 9.27. The lowest BCUT2D eigenvalue weighted by molar-refractivity contribution is 0.458. The van der Waals surface area contributed by atoms with E-state index in [1.54, 1.807) is 6.20 Å². The van der Waals surface area contributed by atoms with Crippen LogP contribution in [0.15, 0.2) is 52.6 Å². The molecule has 3 heterocycles. The summed E-state index contributed by atoms with van der Waals surface area (Å²) in [5.41, 5.74) is 2.67. The van der Waals surface area contributed by atoms with E-state index in [9.17, 15) is 8.42 Å². The maximum absolute atomic E-state index is 11.3. The second-order valence-corrected chi connectivity index (χ2v) is 8.77. The summed E-state index contributed by atoms with van der Waals surface area (Å²) in [5, 5.41) is 5.73. The summed E-state index contributed by atoms with van der Waals surface area (Å²) < 4.78 is 25.0. The zero-order valence-electron chi connectivity index (χ0n) is 15.6. The van der Waals surface area contributed by atoms with Gasteiger partial charge in [-0.3, -0.25) is 4.99 Å². The van der Waals surface area contributed by atoms with Crippen LogP contribution in [0.25, 0.3) is 0 Å². The first-order chi connectivity index (χ1) is 13.9. The van der Waals surface area contributed by atoms with E-state index >= 15 is 0 Å². The van der Waals surface area contributed by atoms with Crippen molar-refractivity contribution >= 4 is 39.2 Å². The molecule has 2 aromatic rings. The van der Waals surface area contributed by atoms with E-state index in [2.05, 4.69) is 19.6 Å². The average Bonchev–Trinajstić information content (AvgIpc) is 3.18. The number of nitrogens with two attached hydrogens (primary N) is 1. The van der Waals surface area contributed by atoms with Gasteiger partial charge in [-0.1, -0.05) is 23.7 Å². The third-order valence-corrected chi connectivity index (χ3v) is 5.82. The Morgan fingerprint density at radius 3 is 2.69 bits per heavy atom. The highest BCUT2D eigenvalue weighted by molar-refractivity contribution is 7.87. The van der Waals surface area contributed by atoms with Crippen LogP contribution in [-0.4, -0.2) is 50.6 Å². The summed E-state index contributed by atoms with van der Waals surface area (Å²) in [7, 11) is -3.69. The molecule has 1 aromatic heterocycles. The van der Waals surface area contributed by atoms with Crippen LogP contribution in [-0.2, 0) is 10.2 Å². The highest BCUT2D eigenvalue weighted by Gasteiger charge is 2.26. The molecule has 1 aromatic carbocycles. The van der Waals surface area contributed by atoms with E-state index in [1.807, 2.05) is 36.4 Å². The van der Waals surface area contributed by atoms with E-state index in [0.717, 1.165) is 22.7 Å². The quantitative estimate of drug-likeness (QED) is 0.749. The first-order valence-corrected chi connectivity index (χ1v) is 11.2. The lowest BCUT2D eigenvalue weighted by atomic mass is 10.0. The van der Waals surface area contributed by atoms with Gasteiger partial charge in [0.15, 0.2) is 5.84 Å². The summed E-state index contributed by atoms with van der Waals surface area (Å²) in [4.78, 5) is 16.0. The Balaban J connectivity index is 1.52. The number of nitrogens with one attached hydrogen (secondary N) is 1. The molecular weight excluding hydrogens is 412 g/mol. The maximum Gasteiger partial charge on any atom is 0.274 e. The number of pyridine rings is 1. The van der Waals surface area contributed by atoms with E-state index in [4.69, 9.17) is 21.7 Å². The SMILES string of the molecule is NS(=O)(=O)NC1CCN(c2ncccc2C2=NC(c3cccc(Cl)c3)=NC2)CC1. The van der Waals surface area contributed by atoms with E-state index in [0.29, 0.717) is 43.3 Å². The number of nitrogens with zero attached hydrogens (tertiary/aromatic N) is 4. The third kappa shape index (κ3) is 4.81. The molecule has 0 spiro atoms. The lowest BCUT2D eigenvalue weighted by Gasteiger charge is -2.33. The molecule has 10 heteroatoms. The van der Waals surface area contributed by atoms with Gasteiger partial charge in [-0.05, 0) is 37.1 Å². The molecule has 0 amide bonds. The van der Waals surface area contributed by atoms with Gasteiger partial charge in [-0.25, -0.2) is 15.1 Å². The molecule has 29 heavy (non-hydrogen) atoms. The number of rotatable bonds is 5. The molecule has 1 fully saturated rings. The van der Waals surface area contributed by atoms with E-state index in [1.165, 1.54) is 0 Å². The minimum atomic E-state index is -3.69. The minimum Gasteiger partial charge on any atom is -0.356 e. The maximum atomic E-state index is 11.3. The first kappa shape index (κ1) is 20.0. The second kappa shape index (κ2) is 8.19. The number of aromatic nitrogens is 1. The fourth-order valence-electron chi connectivity index (χ4n) is 3.59. The van der Waals surface area contributed by atoms with Gasteiger partial charge >= 0.3 is 0 Å². The van der Waals surface area contributed by atoms with Crippen molar-refractivity contribution in [3.63, 3.8) is 0 Å². The van der Waals surface area contributed by atoms with Crippen LogP contribution in [0.2, 0.25) is 5.02 Å². The molecule has 0 saturated carbocycles. The molecule has 0 radical (unpaired) electrons. The molecule has 0 atom stereocenters. The lowest BCUT2D eigenvalue weighted by Crippen LogP contribution is -2.47. The van der Waals surface area contributed by atoms with Crippen LogP contribution < -0.4 is 14.8 Å². The number of benzene rings is 1. The minimum absolute atomic E-state index is 0.157. The zero-order chi connectivity index (χ0) is 20.4. The Hall–Kier alpha value is -2.33. The number of piperidine rings is 1. The van der Waals surface area contributed by atoms with Crippen LogP contribution in [0.4, 0.5) is 5.82 Å². The van der Waals surface area contributed by atoms with Crippen LogP contribution >= 0.6 is 11.6 Å². The average molecular weight is 433 g/mol. The molecule has 0 bridgehead atoms. The number of anilines is 1. The molecule has 8 nitrogen and oxygen atoms in total. The standard InChI is InChI=1S/C19H21ClN6O2S/c20-14-4-1-3-13(11-14)18-23-12-17(24-18)16-5-2-8-22-19(16)26-9-6-15(7-10-26)25-29(21,27)28/h1-5,8,11,15,25H,6-7,9-10,12H2,(H2,21,27,28). The molecular formula is C19H21ClN6O2S. The van der Waals surface area contributed by atoms with Gasteiger partial charge in [0.05, 0.1) is 12.3 Å². The predicted molar refractivity (Wildman–Crippen MR) is 115 cm³/mol. The number of halogens is 1. The van der Waals surface area contributed by atoms with Gasteiger partial charge < -0.3 is 4.90 Å². The van der Waals surface area contributed by atoms with Gasteiger partial charge in [-0.2, -0.15) is 13.1 Å². The van der Waals surface area contributed by atoms with Crippen LogP contribution in [0.3, 0.4) is 0 Å². The molecule has 3 N–H and O–H groups in total. The van der Waals surface area contributed by atoms with Crippen molar-refractivity contribution in [2.45, 2.75) is 18.9 Å². The predicted octanol–water partition coefficient (Wildman–Crippen LogP) is 1.75. The summed E-state index contributed by atoms with van der Waals surface area (Å²) >= 11 is 6.08. The van der Waals surface area contributed by atoms with Crippen molar-refractivity contribution in [3.8, 4) is 0 Å². The largest absolute Gasteiger partial charge is 0.356 e. The Morgan fingerprint density at radius 2 is 1.97 bits per heavy atom.